The molecule has 1 aliphatic heterocycles. The summed E-state index contributed by atoms with van der Waals surface area (Å²) in [5.74, 6) is 2.86. The highest BCUT2D eigenvalue weighted by atomic mass is 16.7. The van der Waals surface area contributed by atoms with Gasteiger partial charge in [0.15, 0.2) is 23.0 Å². The first-order valence-corrected chi connectivity index (χ1v) is 9.33. The van der Waals surface area contributed by atoms with Crippen molar-refractivity contribution in [2.45, 2.75) is 20.8 Å². The smallest absolute Gasteiger partial charge is 0.248 e. The van der Waals surface area contributed by atoms with E-state index in [4.69, 9.17) is 18.9 Å². The van der Waals surface area contributed by atoms with Crippen molar-refractivity contribution in [1.29, 1.82) is 0 Å². The maximum Gasteiger partial charge on any atom is 0.248 e. The topological polar surface area (TPSA) is 66.0 Å². The number of anilines is 1. The highest BCUT2D eigenvalue weighted by Crippen LogP contribution is 2.34. The van der Waals surface area contributed by atoms with Crippen LogP contribution in [-0.4, -0.2) is 25.9 Å². The van der Waals surface area contributed by atoms with E-state index in [0.717, 1.165) is 5.56 Å². The van der Waals surface area contributed by atoms with Gasteiger partial charge in [-0.25, -0.2) is 0 Å². The second-order valence-electron chi connectivity index (χ2n) is 6.73. The van der Waals surface area contributed by atoms with Crippen molar-refractivity contribution >= 4 is 17.7 Å². The normalized spacial score (nSPS) is 12.4. The molecule has 1 amide bonds. The fourth-order valence-electron chi connectivity index (χ4n) is 2.60. The lowest BCUT2D eigenvalue weighted by atomic mass is 10.1. The van der Waals surface area contributed by atoms with Gasteiger partial charge in [-0.2, -0.15) is 0 Å². The molecule has 0 atom stereocenters. The Morgan fingerprint density at radius 1 is 1.11 bits per heavy atom. The molecule has 1 N–H and O–H groups in total. The molecule has 148 valence electrons. The van der Waals surface area contributed by atoms with Crippen LogP contribution in [0.15, 0.2) is 42.5 Å². The fourth-order valence-corrected chi connectivity index (χ4v) is 2.60. The number of amides is 1. The van der Waals surface area contributed by atoms with Crippen LogP contribution in [-0.2, 0) is 4.79 Å². The summed E-state index contributed by atoms with van der Waals surface area (Å²) in [5.41, 5.74) is 1.49. The molecule has 0 aliphatic carbocycles. The van der Waals surface area contributed by atoms with E-state index in [-0.39, 0.29) is 12.7 Å². The Labute approximate surface area is 165 Å². The molecular formula is C22H25NO5. The molecule has 6 heteroatoms. The number of nitrogens with one attached hydrogen (secondary N) is 1. The van der Waals surface area contributed by atoms with Crippen LogP contribution < -0.4 is 24.3 Å². The Kier molecular flexibility index (Phi) is 6.42. The Morgan fingerprint density at radius 3 is 2.71 bits per heavy atom. The van der Waals surface area contributed by atoms with Gasteiger partial charge in [-0.05, 0) is 48.7 Å². The molecule has 2 aromatic rings. The number of fused-ring (bicyclic) bond motifs is 1. The average Bonchev–Trinajstić information content (AvgIpc) is 3.13. The van der Waals surface area contributed by atoms with Crippen LogP contribution >= 0.6 is 0 Å². The van der Waals surface area contributed by atoms with E-state index in [9.17, 15) is 4.79 Å². The zero-order valence-corrected chi connectivity index (χ0v) is 16.4. The first kappa shape index (κ1) is 19.6. The van der Waals surface area contributed by atoms with Crippen molar-refractivity contribution in [1.82, 2.24) is 0 Å². The second-order valence-corrected chi connectivity index (χ2v) is 6.73. The second kappa shape index (κ2) is 9.17. The molecule has 2 aromatic carbocycles. The predicted molar refractivity (Wildman–Crippen MR) is 108 cm³/mol. The van der Waals surface area contributed by atoms with E-state index in [2.05, 4.69) is 19.2 Å². The minimum Gasteiger partial charge on any atom is -0.490 e. The van der Waals surface area contributed by atoms with Gasteiger partial charge in [0, 0.05) is 17.8 Å². The zero-order valence-electron chi connectivity index (χ0n) is 16.4. The van der Waals surface area contributed by atoms with Crippen LogP contribution in [0.4, 0.5) is 5.69 Å². The van der Waals surface area contributed by atoms with Gasteiger partial charge in [0.2, 0.25) is 12.7 Å². The number of hydrogen-bond donors (Lipinski definition) is 1. The lowest BCUT2D eigenvalue weighted by molar-refractivity contribution is -0.111. The van der Waals surface area contributed by atoms with Crippen molar-refractivity contribution in [2.75, 3.05) is 25.3 Å². The molecule has 6 nitrogen and oxygen atoms in total. The van der Waals surface area contributed by atoms with Crippen LogP contribution in [0.3, 0.4) is 0 Å². The van der Waals surface area contributed by atoms with Gasteiger partial charge in [0.05, 0.1) is 13.2 Å². The van der Waals surface area contributed by atoms with Gasteiger partial charge >= 0.3 is 0 Å². The molecule has 0 saturated carbocycles. The summed E-state index contributed by atoms with van der Waals surface area (Å²) in [6.07, 6.45) is 3.21. The largest absolute Gasteiger partial charge is 0.490 e. The number of carbonyl (C=O) groups excluding carboxylic acids is 1. The van der Waals surface area contributed by atoms with Gasteiger partial charge in [-0.15, -0.1) is 0 Å². The molecule has 0 spiro atoms. The summed E-state index contributed by atoms with van der Waals surface area (Å²) in [6, 6.07) is 10.9. The number of ether oxygens (including phenoxy) is 4. The third-order valence-electron chi connectivity index (χ3n) is 3.91. The molecule has 0 unspecified atom stereocenters. The molecule has 0 radical (unpaired) electrons. The van der Waals surface area contributed by atoms with Crippen LogP contribution in [0.5, 0.6) is 23.0 Å². The number of rotatable bonds is 8. The first-order valence-electron chi connectivity index (χ1n) is 9.33. The van der Waals surface area contributed by atoms with Gasteiger partial charge in [-0.3, -0.25) is 4.79 Å². The average molecular weight is 383 g/mol. The third kappa shape index (κ3) is 5.19. The summed E-state index contributed by atoms with van der Waals surface area (Å²) < 4.78 is 22.0. The maximum absolute atomic E-state index is 12.2. The number of carbonyl (C=O) groups is 1. The van der Waals surface area contributed by atoms with Gasteiger partial charge in [0.1, 0.15) is 0 Å². The molecule has 1 aliphatic rings. The van der Waals surface area contributed by atoms with E-state index < -0.39 is 0 Å². The van der Waals surface area contributed by atoms with Crippen LogP contribution in [0, 0.1) is 5.92 Å². The predicted octanol–water partition coefficient (Wildman–Crippen LogP) is 4.50. The van der Waals surface area contributed by atoms with E-state index in [1.807, 2.05) is 25.1 Å². The highest BCUT2D eigenvalue weighted by molar-refractivity contribution is 6.02. The Hall–Kier alpha value is -3.15. The summed E-state index contributed by atoms with van der Waals surface area (Å²) >= 11 is 0. The standard InChI is InChI=1S/C22H25NO5/c1-4-25-20-11-16(5-8-18(20)26-13-15(2)3)6-10-22(24)23-17-7-9-19-21(12-17)28-14-27-19/h5-12,15H,4,13-14H2,1-3H3,(H,23,24)/b10-6+. The summed E-state index contributed by atoms with van der Waals surface area (Å²) in [5, 5.41) is 2.81. The van der Waals surface area contributed by atoms with E-state index >= 15 is 0 Å². The summed E-state index contributed by atoms with van der Waals surface area (Å²) in [7, 11) is 0. The molecule has 28 heavy (non-hydrogen) atoms. The van der Waals surface area contributed by atoms with E-state index in [0.29, 0.717) is 47.8 Å². The summed E-state index contributed by atoms with van der Waals surface area (Å²) in [4.78, 5) is 12.2. The minimum absolute atomic E-state index is 0.200. The monoisotopic (exact) mass is 383 g/mol. The van der Waals surface area contributed by atoms with Crippen molar-refractivity contribution in [3.63, 3.8) is 0 Å². The van der Waals surface area contributed by atoms with E-state index in [1.165, 1.54) is 6.08 Å². The Bertz CT molecular complexity index is 860. The molecule has 0 aromatic heterocycles. The van der Waals surface area contributed by atoms with Crippen LogP contribution in [0.25, 0.3) is 6.08 Å². The Balaban J connectivity index is 1.65. The van der Waals surface area contributed by atoms with Crippen LogP contribution in [0.1, 0.15) is 26.3 Å². The minimum atomic E-state index is -0.239. The lowest BCUT2D eigenvalue weighted by Crippen LogP contribution is -2.07. The molecule has 0 bridgehead atoms. The van der Waals surface area contributed by atoms with Gasteiger partial charge in [0.25, 0.3) is 0 Å². The van der Waals surface area contributed by atoms with Gasteiger partial charge in [-0.1, -0.05) is 19.9 Å². The van der Waals surface area contributed by atoms with Crippen molar-refractivity contribution in [2.24, 2.45) is 5.92 Å². The lowest BCUT2D eigenvalue weighted by Gasteiger charge is -2.14. The number of hydrogen-bond acceptors (Lipinski definition) is 5. The third-order valence-corrected chi connectivity index (χ3v) is 3.91. The number of benzene rings is 2. The van der Waals surface area contributed by atoms with Crippen molar-refractivity contribution in [3.05, 3.63) is 48.0 Å². The fraction of sp³-hybridized carbons (Fsp3) is 0.318. The molecule has 1 heterocycles. The van der Waals surface area contributed by atoms with Crippen molar-refractivity contribution < 1.29 is 23.7 Å². The SMILES string of the molecule is CCOc1cc(/C=C/C(=O)Nc2ccc3c(c2)OCO3)ccc1OCC(C)C. The quantitative estimate of drug-likeness (QED) is 0.680. The molecule has 0 saturated heterocycles. The highest BCUT2D eigenvalue weighted by Gasteiger charge is 2.13. The van der Waals surface area contributed by atoms with E-state index in [1.54, 1.807) is 24.3 Å². The zero-order chi connectivity index (χ0) is 19.9. The Morgan fingerprint density at radius 2 is 1.93 bits per heavy atom. The van der Waals surface area contributed by atoms with Crippen molar-refractivity contribution in [3.8, 4) is 23.0 Å². The maximum atomic E-state index is 12.2. The first-order chi connectivity index (χ1) is 13.5. The van der Waals surface area contributed by atoms with Crippen LogP contribution in [0.2, 0.25) is 0 Å². The van der Waals surface area contributed by atoms with Gasteiger partial charge < -0.3 is 24.3 Å². The molecule has 0 fully saturated rings. The molecule has 3 rings (SSSR count). The molecular weight excluding hydrogens is 358 g/mol. The summed E-state index contributed by atoms with van der Waals surface area (Å²) in [6.45, 7) is 7.47.